The van der Waals surface area contributed by atoms with Crippen LogP contribution < -0.4 is 0 Å². The average Bonchev–Trinajstić information content (AvgIpc) is 2.90. The van der Waals surface area contributed by atoms with Gasteiger partial charge in [-0.25, -0.2) is 0 Å². The number of carbonyl (C=O) groups excluding carboxylic acids is 1. The van der Waals surface area contributed by atoms with E-state index in [1.54, 1.807) is 19.0 Å². The minimum atomic E-state index is -0.894. The third kappa shape index (κ3) is 8.39. The van der Waals surface area contributed by atoms with E-state index in [2.05, 4.69) is 50.2 Å². The molecule has 1 amide bonds. The van der Waals surface area contributed by atoms with Crippen LogP contribution >= 0.6 is 0 Å². The van der Waals surface area contributed by atoms with Gasteiger partial charge in [0.25, 0.3) is 0 Å². The highest BCUT2D eigenvalue weighted by atomic mass is 16.3. The van der Waals surface area contributed by atoms with Crippen molar-refractivity contribution in [2.45, 2.75) is 101 Å². The number of aliphatic hydroxyl groups is 2. The second-order valence-corrected chi connectivity index (χ2v) is 12.6. The largest absolute Gasteiger partial charge is 0.389 e. The molecular weight excluding hydrogens is 484 g/mol. The Kier molecular flexibility index (Phi) is 11.2. The van der Waals surface area contributed by atoms with Crippen molar-refractivity contribution < 1.29 is 15.0 Å². The molecule has 0 saturated heterocycles. The number of rotatable bonds is 7. The Bertz CT molecular complexity index is 1020. The van der Waals surface area contributed by atoms with Gasteiger partial charge in [0.05, 0.1) is 17.1 Å². The first kappa shape index (κ1) is 31.3. The summed E-state index contributed by atoms with van der Waals surface area (Å²) in [4.78, 5) is 16.4. The van der Waals surface area contributed by atoms with Crippen LogP contribution in [0.25, 0.3) is 0 Å². The molecule has 0 radical (unpaired) electrons. The van der Waals surface area contributed by atoms with E-state index in [0.29, 0.717) is 12.8 Å². The first-order valence-electron chi connectivity index (χ1n) is 14.9. The molecule has 5 heteroatoms. The minimum absolute atomic E-state index is 0.00162. The first-order chi connectivity index (χ1) is 18.4. The summed E-state index contributed by atoms with van der Waals surface area (Å²) in [5.74, 6) is -0.222. The van der Waals surface area contributed by atoms with Crippen LogP contribution in [0.15, 0.2) is 48.5 Å². The van der Waals surface area contributed by atoms with Crippen LogP contribution in [-0.2, 0) is 4.79 Å². The van der Waals surface area contributed by atoms with Crippen LogP contribution in [0.2, 0.25) is 0 Å². The normalized spacial score (nSPS) is 19.9. The SMILES string of the molecule is Cc1ccc(C(C(=O)N(C)C)C2(O)CCCCC2)cc1.Cc1ccc(C(CN(C)C)C2(O)CCCCC2)cc1. The van der Waals surface area contributed by atoms with Gasteiger partial charge < -0.3 is 20.0 Å². The number of likely N-dealkylation sites (N-methyl/N-ethyl adjacent to an activating group) is 2. The molecule has 39 heavy (non-hydrogen) atoms. The molecule has 5 nitrogen and oxygen atoms in total. The maximum Gasteiger partial charge on any atom is 0.232 e. The summed E-state index contributed by atoms with van der Waals surface area (Å²) < 4.78 is 0. The molecule has 4 rings (SSSR count). The summed E-state index contributed by atoms with van der Waals surface area (Å²) in [6.07, 6.45) is 10.1. The standard InChI is InChI=1S/C17H25NO2.C17H27NO/c1-13-7-9-14(10-8-13)15(16(19)18(2)3)17(20)11-5-4-6-12-17;1-14-7-9-15(10-8-14)16(13-18(2)3)17(19)11-5-4-6-12-17/h7-10,15,20H,4-6,11-12H2,1-3H3;7-10,16,19H,4-6,11-13H2,1-3H3. The fourth-order valence-electron chi connectivity index (χ4n) is 6.41. The van der Waals surface area contributed by atoms with Crippen molar-refractivity contribution in [2.24, 2.45) is 0 Å². The number of aryl methyl sites for hydroxylation is 2. The molecule has 216 valence electrons. The smallest absolute Gasteiger partial charge is 0.232 e. The highest BCUT2D eigenvalue weighted by Gasteiger charge is 2.43. The predicted octanol–water partition coefficient (Wildman–Crippen LogP) is 6.20. The van der Waals surface area contributed by atoms with Crippen molar-refractivity contribution in [3.05, 3.63) is 70.8 Å². The number of hydrogen-bond acceptors (Lipinski definition) is 4. The Hall–Kier alpha value is -2.21. The molecule has 2 N–H and O–H groups in total. The Morgan fingerprint density at radius 2 is 1.10 bits per heavy atom. The van der Waals surface area contributed by atoms with Gasteiger partial charge in [-0.05, 0) is 64.8 Å². The second kappa shape index (κ2) is 13.9. The van der Waals surface area contributed by atoms with Crippen LogP contribution in [0.5, 0.6) is 0 Å². The van der Waals surface area contributed by atoms with E-state index in [-0.39, 0.29) is 11.8 Å². The molecule has 2 aliphatic rings. The van der Waals surface area contributed by atoms with E-state index in [9.17, 15) is 15.0 Å². The van der Waals surface area contributed by atoms with Crippen molar-refractivity contribution in [2.75, 3.05) is 34.7 Å². The summed E-state index contributed by atoms with van der Waals surface area (Å²) in [7, 11) is 7.70. The molecule has 2 aromatic carbocycles. The van der Waals surface area contributed by atoms with E-state index in [1.807, 2.05) is 31.2 Å². The lowest BCUT2D eigenvalue weighted by molar-refractivity contribution is -0.139. The summed E-state index contributed by atoms with van der Waals surface area (Å²) in [5, 5.41) is 22.1. The van der Waals surface area contributed by atoms with Crippen LogP contribution in [0.3, 0.4) is 0 Å². The topological polar surface area (TPSA) is 64.0 Å². The molecule has 0 heterocycles. The Balaban J connectivity index is 0.000000216. The molecule has 2 aromatic rings. The third-order valence-electron chi connectivity index (χ3n) is 8.75. The summed E-state index contributed by atoms with van der Waals surface area (Å²) >= 11 is 0. The van der Waals surface area contributed by atoms with Gasteiger partial charge in [-0.3, -0.25) is 4.79 Å². The molecule has 2 aliphatic carbocycles. The third-order valence-corrected chi connectivity index (χ3v) is 8.75. The van der Waals surface area contributed by atoms with Gasteiger partial charge in [0.2, 0.25) is 5.91 Å². The van der Waals surface area contributed by atoms with Crippen LogP contribution in [0.1, 0.15) is 98.3 Å². The lowest BCUT2D eigenvalue weighted by atomic mass is 9.72. The fraction of sp³-hybridized carbons (Fsp3) is 0.618. The lowest BCUT2D eigenvalue weighted by Gasteiger charge is -2.40. The second-order valence-electron chi connectivity index (χ2n) is 12.6. The predicted molar refractivity (Wildman–Crippen MR) is 161 cm³/mol. The molecule has 2 atom stereocenters. The van der Waals surface area contributed by atoms with Crippen LogP contribution in [0, 0.1) is 13.8 Å². The maximum absolute atomic E-state index is 12.6. The zero-order valence-electron chi connectivity index (χ0n) is 25.2. The van der Waals surface area contributed by atoms with E-state index in [1.165, 1.54) is 23.1 Å². The number of hydrogen-bond donors (Lipinski definition) is 2. The van der Waals surface area contributed by atoms with Crippen LogP contribution in [0.4, 0.5) is 0 Å². The van der Waals surface area contributed by atoms with Crippen molar-refractivity contribution in [3.8, 4) is 0 Å². The first-order valence-corrected chi connectivity index (χ1v) is 14.9. The highest BCUT2D eigenvalue weighted by Crippen LogP contribution is 2.41. The van der Waals surface area contributed by atoms with Crippen molar-refractivity contribution in [1.82, 2.24) is 9.80 Å². The van der Waals surface area contributed by atoms with Crippen molar-refractivity contribution in [3.63, 3.8) is 0 Å². The van der Waals surface area contributed by atoms with E-state index in [4.69, 9.17) is 0 Å². The summed E-state index contributed by atoms with van der Waals surface area (Å²) in [5.41, 5.74) is 3.25. The zero-order chi connectivity index (χ0) is 28.6. The van der Waals surface area contributed by atoms with E-state index in [0.717, 1.165) is 57.1 Å². The van der Waals surface area contributed by atoms with E-state index < -0.39 is 17.1 Å². The Morgan fingerprint density at radius 3 is 1.51 bits per heavy atom. The average molecular weight is 537 g/mol. The number of amides is 1. The van der Waals surface area contributed by atoms with Crippen molar-refractivity contribution in [1.29, 1.82) is 0 Å². The van der Waals surface area contributed by atoms with Crippen LogP contribution in [-0.4, -0.2) is 71.9 Å². The van der Waals surface area contributed by atoms with E-state index >= 15 is 0 Å². The zero-order valence-corrected chi connectivity index (χ0v) is 25.2. The van der Waals surface area contributed by atoms with Crippen molar-refractivity contribution >= 4 is 5.91 Å². The van der Waals surface area contributed by atoms with Gasteiger partial charge in [-0.1, -0.05) is 98.2 Å². The van der Waals surface area contributed by atoms with Gasteiger partial charge >= 0.3 is 0 Å². The Labute approximate surface area is 237 Å². The summed E-state index contributed by atoms with van der Waals surface area (Å²) in [6.45, 7) is 5.06. The molecule has 0 spiro atoms. The molecule has 2 fully saturated rings. The fourth-order valence-corrected chi connectivity index (χ4v) is 6.41. The summed E-state index contributed by atoms with van der Waals surface area (Å²) in [6, 6.07) is 16.7. The number of nitrogens with zero attached hydrogens (tertiary/aromatic N) is 2. The molecule has 2 saturated carbocycles. The minimum Gasteiger partial charge on any atom is -0.389 e. The van der Waals surface area contributed by atoms with Gasteiger partial charge in [-0.15, -0.1) is 0 Å². The van der Waals surface area contributed by atoms with Gasteiger partial charge in [0.15, 0.2) is 0 Å². The maximum atomic E-state index is 12.6. The number of carbonyl (C=O) groups is 1. The number of benzene rings is 2. The quantitative estimate of drug-likeness (QED) is 0.442. The lowest BCUT2D eigenvalue weighted by Crippen LogP contribution is -2.46. The monoisotopic (exact) mass is 536 g/mol. The molecule has 0 aliphatic heterocycles. The van der Waals surface area contributed by atoms with Gasteiger partial charge in [0, 0.05) is 26.6 Å². The molecule has 0 bridgehead atoms. The van der Waals surface area contributed by atoms with Gasteiger partial charge in [0.1, 0.15) is 0 Å². The Morgan fingerprint density at radius 1 is 0.692 bits per heavy atom. The molecule has 2 unspecified atom stereocenters. The molecule has 0 aromatic heterocycles. The van der Waals surface area contributed by atoms with Gasteiger partial charge in [-0.2, -0.15) is 0 Å². The highest BCUT2D eigenvalue weighted by molar-refractivity contribution is 5.84. The molecular formula is C34H52N2O3.